The largest absolute Gasteiger partial charge is 0.364 e. The SMILES string of the molecule is Cc1conc1CNc1ccc(S(C)(=O)=O)cn1. The molecule has 2 rings (SSSR count). The van der Waals surface area contributed by atoms with Gasteiger partial charge in [0.1, 0.15) is 17.8 Å². The quantitative estimate of drug-likeness (QED) is 0.901. The van der Waals surface area contributed by atoms with Crippen LogP contribution in [-0.4, -0.2) is 24.8 Å². The first-order valence-electron chi connectivity index (χ1n) is 5.26. The number of nitrogens with zero attached hydrogens (tertiary/aromatic N) is 2. The van der Waals surface area contributed by atoms with Gasteiger partial charge in [-0.15, -0.1) is 0 Å². The van der Waals surface area contributed by atoms with Gasteiger partial charge in [-0.25, -0.2) is 13.4 Å². The molecule has 6 nitrogen and oxygen atoms in total. The van der Waals surface area contributed by atoms with Crippen LogP contribution in [0, 0.1) is 6.92 Å². The Bertz CT molecular complexity index is 632. The Hall–Kier alpha value is -1.89. The number of rotatable bonds is 4. The second-order valence-electron chi connectivity index (χ2n) is 3.95. The Balaban J connectivity index is 2.05. The number of hydrogen-bond acceptors (Lipinski definition) is 6. The zero-order valence-electron chi connectivity index (χ0n) is 10.0. The van der Waals surface area contributed by atoms with Crippen molar-refractivity contribution in [3.8, 4) is 0 Å². The van der Waals surface area contributed by atoms with Crippen LogP contribution in [0.25, 0.3) is 0 Å². The molecule has 0 saturated heterocycles. The fourth-order valence-electron chi connectivity index (χ4n) is 1.36. The zero-order chi connectivity index (χ0) is 13.2. The number of aromatic nitrogens is 2. The summed E-state index contributed by atoms with van der Waals surface area (Å²) < 4.78 is 27.3. The molecule has 2 aromatic rings. The molecule has 0 spiro atoms. The Kier molecular flexibility index (Phi) is 3.33. The van der Waals surface area contributed by atoms with E-state index in [2.05, 4.69) is 15.5 Å². The van der Waals surface area contributed by atoms with Crippen LogP contribution in [-0.2, 0) is 16.4 Å². The van der Waals surface area contributed by atoms with E-state index in [4.69, 9.17) is 4.52 Å². The molecule has 0 amide bonds. The number of pyridine rings is 1. The fraction of sp³-hybridized carbons (Fsp3) is 0.273. The van der Waals surface area contributed by atoms with Crippen LogP contribution in [0.3, 0.4) is 0 Å². The Labute approximate surface area is 105 Å². The molecule has 0 atom stereocenters. The molecule has 0 aromatic carbocycles. The lowest BCUT2D eigenvalue weighted by Gasteiger charge is -2.04. The minimum absolute atomic E-state index is 0.200. The first kappa shape index (κ1) is 12.6. The summed E-state index contributed by atoms with van der Waals surface area (Å²) in [7, 11) is -3.20. The maximum absolute atomic E-state index is 11.3. The lowest BCUT2D eigenvalue weighted by molar-refractivity contribution is 0.412. The van der Waals surface area contributed by atoms with Gasteiger partial charge in [-0.3, -0.25) is 0 Å². The zero-order valence-corrected chi connectivity index (χ0v) is 10.9. The van der Waals surface area contributed by atoms with Gasteiger partial charge in [0.15, 0.2) is 9.84 Å². The van der Waals surface area contributed by atoms with Crippen molar-refractivity contribution in [3.63, 3.8) is 0 Å². The smallest absolute Gasteiger partial charge is 0.177 e. The molecular formula is C11H13N3O3S. The maximum atomic E-state index is 11.3. The third-order valence-corrected chi connectivity index (χ3v) is 3.55. The first-order valence-corrected chi connectivity index (χ1v) is 7.16. The number of hydrogen-bond donors (Lipinski definition) is 1. The summed E-state index contributed by atoms with van der Waals surface area (Å²) >= 11 is 0. The van der Waals surface area contributed by atoms with Crippen molar-refractivity contribution < 1.29 is 12.9 Å². The number of sulfone groups is 1. The molecule has 0 bridgehead atoms. The van der Waals surface area contributed by atoms with E-state index < -0.39 is 9.84 Å². The van der Waals surface area contributed by atoms with Crippen molar-refractivity contribution in [1.82, 2.24) is 10.1 Å². The second-order valence-corrected chi connectivity index (χ2v) is 5.96. The molecule has 0 radical (unpaired) electrons. The molecule has 0 aliphatic heterocycles. The molecule has 0 aliphatic carbocycles. The standard InChI is InChI=1S/C11H13N3O3S/c1-8-7-17-14-10(8)6-13-11-4-3-9(5-12-11)18(2,15)16/h3-5,7H,6H2,1-2H3,(H,12,13). The van der Waals surface area contributed by atoms with E-state index in [1.807, 2.05) is 6.92 Å². The van der Waals surface area contributed by atoms with Gasteiger partial charge in [0.25, 0.3) is 0 Å². The van der Waals surface area contributed by atoms with E-state index in [1.165, 1.54) is 12.3 Å². The highest BCUT2D eigenvalue weighted by molar-refractivity contribution is 7.90. The van der Waals surface area contributed by atoms with Crippen molar-refractivity contribution in [2.75, 3.05) is 11.6 Å². The third-order valence-electron chi connectivity index (χ3n) is 2.45. The van der Waals surface area contributed by atoms with Gasteiger partial charge in [-0.05, 0) is 19.1 Å². The fourth-order valence-corrected chi connectivity index (χ4v) is 1.92. The molecule has 1 N–H and O–H groups in total. The van der Waals surface area contributed by atoms with E-state index in [1.54, 1.807) is 12.3 Å². The Morgan fingerprint density at radius 3 is 2.67 bits per heavy atom. The molecule has 2 heterocycles. The average Bonchev–Trinajstić information content (AvgIpc) is 2.72. The summed E-state index contributed by atoms with van der Waals surface area (Å²) in [6.45, 7) is 2.38. The topological polar surface area (TPSA) is 85.1 Å². The predicted molar refractivity (Wildman–Crippen MR) is 65.9 cm³/mol. The van der Waals surface area contributed by atoms with Crippen LogP contribution < -0.4 is 5.32 Å². The first-order chi connectivity index (χ1) is 8.47. The summed E-state index contributed by atoms with van der Waals surface area (Å²) in [6, 6.07) is 3.13. The second kappa shape index (κ2) is 4.77. The normalized spacial score (nSPS) is 11.4. The predicted octanol–water partition coefficient (Wildman–Crippen LogP) is 1.39. The van der Waals surface area contributed by atoms with Crippen molar-refractivity contribution in [2.24, 2.45) is 0 Å². The summed E-state index contributed by atoms with van der Waals surface area (Å²) in [4.78, 5) is 4.23. The van der Waals surface area contributed by atoms with Crippen molar-refractivity contribution in [1.29, 1.82) is 0 Å². The van der Waals surface area contributed by atoms with E-state index in [0.29, 0.717) is 12.4 Å². The van der Waals surface area contributed by atoms with Gasteiger partial charge in [-0.2, -0.15) is 0 Å². The highest BCUT2D eigenvalue weighted by Crippen LogP contribution is 2.12. The average molecular weight is 267 g/mol. The van der Waals surface area contributed by atoms with Crippen LogP contribution in [0.2, 0.25) is 0 Å². The third kappa shape index (κ3) is 2.86. The number of anilines is 1. The molecule has 96 valence electrons. The van der Waals surface area contributed by atoms with Crippen molar-refractivity contribution >= 4 is 15.7 Å². The molecule has 0 fully saturated rings. The van der Waals surface area contributed by atoms with Gasteiger partial charge in [0, 0.05) is 18.0 Å². The van der Waals surface area contributed by atoms with Gasteiger partial charge in [0.2, 0.25) is 0 Å². The number of nitrogens with one attached hydrogen (secondary N) is 1. The van der Waals surface area contributed by atoms with Crippen LogP contribution in [0.4, 0.5) is 5.82 Å². The van der Waals surface area contributed by atoms with Crippen LogP contribution in [0.5, 0.6) is 0 Å². The van der Waals surface area contributed by atoms with Gasteiger partial charge in [-0.1, -0.05) is 5.16 Å². The lowest BCUT2D eigenvalue weighted by Crippen LogP contribution is -2.04. The van der Waals surface area contributed by atoms with Gasteiger partial charge < -0.3 is 9.84 Å². The molecular weight excluding hydrogens is 254 g/mol. The van der Waals surface area contributed by atoms with E-state index in [9.17, 15) is 8.42 Å². The summed E-state index contributed by atoms with van der Waals surface area (Å²) in [5.74, 6) is 0.588. The van der Waals surface area contributed by atoms with E-state index in [0.717, 1.165) is 17.5 Å². The summed E-state index contributed by atoms with van der Waals surface area (Å²) in [6.07, 6.45) is 4.04. The van der Waals surface area contributed by atoms with E-state index >= 15 is 0 Å². The highest BCUT2D eigenvalue weighted by atomic mass is 32.2. The number of aryl methyl sites for hydroxylation is 1. The summed E-state index contributed by atoms with van der Waals surface area (Å²) in [5.41, 5.74) is 1.75. The molecule has 0 saturated carbocycles. The minimum Gasteiger partial charge on any atom is -0.364 e. The Morgan fingerprint density at radius 1 is 1.39 bits per heavy atom. The lowest BCUT2D eigenvalue weighted by atomic mass is 10.3. The van der Waals surface area contributed by atoms with E-state index in [-0.39, 0.29) is 4.90 Å². The monoisotopic (exact) mass is 267 g/mol. The highest BCUT2D eigenvalue weighted by Gasteiger charge is 2.07. The Morgan fingerprint density at radius 2 is 2.17 bits per heavy atom. The molecule has 2 aromatic heterocycles. The van der Waals surface area contributed by atoms with Crippen molar-refractivity contribution in [3.05, 3.63) is 35.9 Å². The van der Waals surface area contributed by atoms with Crippen LogP contribution in [0.15, 0.2) is 34.0 Å². The van der Waals surface area contributed by atoms with Crippen molar-refractivity contribution in [2.45, 2.75) is 18.4 Å². The molecule has 0 aliphatic rings. The summed E-state index contributed by atoms with van der Waals surface area (Å²) in [5, 5.41) is 6.86. The molecule has 7 heteroatoms. The van der Waals surface area contributed by atoms with Crippen LogP contribution in [0.1, 0.15) is 11.3 Å². The van der Waals surface area contributed by atoms with Crippen LogP contribution >= 0.6 is 0 Å². The minimum atomic E-state index is -3.20. The van der Waals surface area contributed by atoms with Gasteiger partial charge >= 0.3 is 0 Å². The molecule has 0 unspecified atom stereocenters. The van der Waals surface area contributed by atoms with Gasteiger partial charge in [0.05, 0.1) is 11.4 Å². The maximum Gasteiger partial charge on any atom is 0.177 e. The molecule has 18 heavy (non-hydrogen) atoms.